The molecule has 0 aliphatic heterocycles. The number of furan rings is 1. The van der Waals surface area contributed by atoms with Gasteiger partial charge in [-0.2, -0.15) is 4.98 Å². The third-order valence-electron chi connectivity index (χ3n) is 2.88. The van der Waals surface area contributed by atoms with Crippen LogP contribution < -0.4 is 16.2 Å². The van der Waals surface area contributed by atoms with Crippen molar-refractivity contribution in [3.05, 3.63) is 47.1 Å². The Balaban J connectivity index is 1.46. The molecule has 25 heavy (non-hydrogen) atoms. The van der Waals surface area contributed by atoms with E-state index in [2.05, 4.69) is 47.2 Å². The molecule has 3 rings (SSSR count). The lowest BCUT2D eigenvalue weighted by molar-refractivity contribution is -0.119. The van der Waals surface area contributed by atoms with Gasteiger partial charge in [0.25, 0.3) is 11.8 Å². The highest BCUT2D eigenvalue weighted by Crippen LogP contribution is 2.15. The van der Waals surface area contributed by atoms with Gasteiger partial charge in [0, 0.05) is 18.0 Å². The Morgan fingerprint density at radius 3 is 2.68 bits per heavy atom. The monoisotopic (exact) mass is 406 g/mol. The Hall–Kier alpha value is -3.21. The lowest BCUT2D eigenvalue weighted by Gasteiger charge is -2.05. The van der Waals surface area contributed by atoms with Crippen LogP contribution in [0.1, 0.15) is 10.6 Å². The minimum atomic E-state index is -0.515. The van der Waals surface area contributed by atoms with Crippen LogP contribution in [-0.4, -0.2) is 33.5 Å². The lowest BCUT2D eigenvalue weighted by Crippen LogP contribution is -2.39. The van der Waals surface area contributed by atoms with Gasteiger partial charge in [0.2, 0.25) is 5.82 Å². The number of aromatic nitrogens is 3. The van der Waals surface area contributed by atoms with Gasteiger partial charge in [-0.25, -0.2) is 5.43 Å². The Labute approximate surface area is 149 Å². The molecule has 0 saturated heterocycles. The first-order chi connectivity index (χ1) is 12.1. The maximum absolute atomic E-state index is 11.7. The Kier molecular flexibility index (Phi) is 5.04. The molecule has 2 amide bonds. The molecule has 0 radical (unpaired) electrons. The van der Waals surface area contributed by atoms with E-state index in [-0.39, 0.29) is 18.3 Å². The van der Waals surface area contributed by atoms with Crippen LogP contribution in [0.5, 0.6) is 0 Å². The molecule has 11 heteroatoms. The highest BCUT2D eigenvalue weighted by atomic mass is 79.9. The molecule has 10 nitrogen and oxygen atoms in total. The molecule has 0 bridgehead atoms. The fourth-order valence-electron chi connectivity index (χ4n) is 1.74. The van der Waals surface area contributed by atoms with Gasteiger partial charge in [-0.1, -0.05) is 5.16 Å². The number of amides is 2. The third-order valence-corrected chi connectivity index (χ3v) is 3.31. The molecule has 0 aliphatic carbocycles. The van der Waals surface area contributed by atoms with Crippen LogP contribution in [0, 0.1) is 0 Å². The maximum Gasteiger partial charge on any atom is 0.340 e. The van der Waals surface area contributed by atoms with Crippen molar-refractivity contribution in [3.8, 4) is 11.4 Å². The van der Waals surface area contributed by atoms with Crippen LogP contribution in [0.4, 0.5) is 6.01 Å². The van der Waals surface area contributed by atoms with Gasteiger partial charge >= 0.3 is 6.01 Å². The number of carbonyl (C=O) groups is 2. The summed E-state index contributed by atoms with van der Waals surface area (Å²) in [6.07, 6.45) is 3.20. The van der Waals surface area contributed by atoms with Crippen LogP contribution in [0.15, 0.2) is 50.3 Å². The van der Waals surface area contributed by atoms with Crippen molar-refractivity contribution in [2.24, 2.45) is 0 Å². The molecular formula is C14H11BrN6O4. The largest absolute Gasteiger partial charge is 0.444 e. The van der Waals surface area contributed by atoms with E-state index in [1.54, 1.807) is 30.6 Å². The molecule has 0 saturated carbocycles. The second kappa shape index (κ2) is 7.57. The van der Waals surface area contributed by atoms with Crippen LogP contribution in [0.25, 0.3) is 11.4 Å². The van der Waals surface area contributed by atoms with Crippen LogP contribution >= 0.6 is 15.9 Å². The number of hydrogen-bond acceptors (Lipinski definition) is 8. The van der Waals surface area contributed by atoms with Crippen molar-refractivity contribution >= 4 is 33.8 Å². The molecule has 0 unspecified atom stereocenters. The van der Waals surface area contributed by atoms with Crippen molar-refractivity contribution in [2.75, 3.05) is 12.0 Å². The van der Waals surface area contributed by atoms with E-state index in [1.165, 1.54) is 6.07 Å². The summed E-state index contributed by atoms with van der Waals surface area (Å²) in [7, 11) is 0. The fraction of sp³-hybridized carbons (Fsp3) is 0.0714. The van der Waals surface area contributed by atoms with E-state index in [4.69, 9.17) is 8.94 Å². The zero-order valence-corrected chi connectivity index (χ0v) is 14.1. The van der Waals surface area contributed by atoms with E-state index in [9.17, 15) is 9.59 Å². The van der Waals surface area contributed by atoms with E-state index in [1.807, 2.05) is 0 Å². The van der Waals surface area contributed by atoms with Gasteiger partial charge < -0.3 is 14.3 Å². The Morgan fingerprint density at radius 2 is 1.96 bits per heavy atom. The van der Waals surface area contributed by atoms with E-state index in [0.717, 1.165) is 5.56 Å². The first-order valence-corrected chi connectivity index (χ1v) is 7.73. The predicted molar refractivity (Wildman–Crippen MR) is 88.0 cm³/mol. The normalized spacial score (nSPS) is 10.3. The number of hydrazine groups is 1. The van der Waals surface area contributed by atoms with E-state index < -0.39 is 11.8 Å². The third kappa shape index (κ3) is 4.41. The Morgan fingerprint density at radius 1 is 1.16 bits per heavy atom. The minimum absolute atomic E-state index is 0.00135. The van der Waals surface area contributed by atoms with Crippen molar-refractivity contribution in [3.63, 3.8) is 0 Å². The number of nitrogens with one attached hydrogen (secondary N) is 3. The van der Waals surface area contributed by atoms with Crippen molar-refractivity contribution < 1.29 is 18.5 Å². The number of anilines is 1. The first-order valence-electron chi connectivity index (χ1n) is 6.94. The minimum Gasteiger partial charge on any atom is -0.444 e. The summed E-state index contributed by atoms with van der Waals surface area (Å²) in [5, 5.41) is 6.17. The molecule has 3 heterocycles. The van der Waals surface area contributed by atoms with Crippen molar-refractivity contribution in [1.82, 2.24) is 25.9 Å². The van der Waals surface area contributed by atoms with Gasteiger partial charge in [0.05, 0.1) is 6.54 Å². The smallest absolute Gasteiger partial charge is 0.340 e. The molecule has 128 valence electrons. The highest BCUT2D eigenvalue weighted by Gasteiger charge is 2.13. The fourth-order valence-corrected chi connectivity index (χ4v) is 2.05. The first kappa shape index (κ1) is 16.6. The molecule has 0 atom stereocenters. The summed E-state index contributed by atoms with van der Waals surface area (Å²) in [6.45, 7) is -0.268. The number of halogens is 1. The van der Waals surface area contributed by atoms with Crippen molar-refractivity contribution in [2.45, 2.75) is 0 Å². The van der Waals surface area contributed by atoms with Crippen molar-refractivity contribution in [1.29, 1.82) is 0 Å². The van der Waals surface area contributed by atoms with Gasteiger partial charge in [0.1, 0.15) is 0 Å². The van der Waals surface area contributed by atoms with Gasteiger partial charge in [-0.15, -0.1) is 0 Å². The number of nitrogens with zero attached hydrogens (tertiary/aromatic N) is 3. The molecule has 0 aliphatic rings. The molecule has 0 spiro atoms. The van der Waals surface area contributed by atoms with E-state index >= 15 is 0 Å². The Bertz CT molecular complexity index is 878. The number of carbonyl (C=O) groups excluding carboxylic acids is 2. The van der Waals surface area contributed by atoms with Crippen LogP contribution in [0.3, 0.4) is 0 Å². The summed E-state index contributed by atoms with van der Waals surface area (Å²) < 4.78 is 10.4. The average molecular weight is 407 g/mol. The molecule has 3 N–H and O–H groups in total. The van der Waals surface area contributed by atoms with Gasteiger partial charge in [-0.3, -0.25) is 20.0 Å². The molecule has 3 aromatic heterocycles. The quantitative estimate of drug-likeness (QED) is 0.522. The number of hydrogen-bond donors (Lipinski definition) is 3. The summed E-state index contributed by atoms with van der Waals surface area (Å²) in [6, 6.07) is 6.49. The average Bonchev–Trinajstić information content (AvgIpc) is 3.28. The number of pyridine rings is 1. The van der Waals surface area contributed by atoms with Gasteiger partial charge in [-0.05, 0) is 40.2 Å². The zero-order chi connectivity index (χ0) is 17.6. The predicted octanol–water partition coefficient (Wildman–Crippen LogP) is 1.36. The molecule has 3 aromatic rings. The molecule has 0 fully saturated rings. The topological polar surface area (TPSA) is 135 Å². The maximum atomic E-state index is 11.7. The highest BCUT2D eigenvalue weighted by molar-refractivity contribution is 9.10. The second-order valence-corrected chi connectivity index (χ2v) is 5.40. The SMILES string of the molecule is O=C(CNC(=O)c1ccc(Br)o1)NNc1nc(-c2ccncc2)no1. The summed E-state index contributed by atoms with van der Waals surface area (Å²) in [4.78, 5) is 31.4. The standard InChI is InChI=1S/C14H11BrN6O4/c15-10-2-1-9(24-10)13(23)17-7-11(22)19-20-14-18-12(21-25-14)8-3-5-16-6-4-8/h1-6H,7H2,(H,17,23)(H,19,22)(H,18,20,21). The number of rotatable bonds is 6. The van der Waals surface area contributed by atoms with E-state index in [0.29, 0.717) is 10.5 Å². The van der Waals surface area contributed by atoms with Gasteiger partial charge in [0.15, 0.2) is 10.4 Å². The second-order valence-electron chi connectivity index (χ2n) is 4.62. The zero-order valence-electron chi connectivity index (χ0n) is 12.5. The summed E-state index contributed by atoms with van der Waals surface area (Å²) in [5.74, 6) is -0.594. The molecular weight excluding hydrogens is 396 g/mol. The molecule has 0 aromatic carbocycles. The van der Waals surface area contributed by atoms with Crippen LogP contribution in [0.2, 0.25) is 0 Å². The summed E-state index contributed by atoms with van der Waals surface area (Å²) >= 11 is 3.09. The lowest BCUT2D eigenvalue weighted by atomic mass is 10.3. The van der Waals surface area contributed by atoms with Crippen LogP contribution in [-0.2, 0) is 4.79 Å². The summed E-state index contributed by atoms with van der Waals surface area (Å²) in [5.41, 5.74) is 5.51.